The average molecular weight is 262 g/mol. The molecule has 6 heteroatoms. The molecule has 0 heterocycles. The second-order valence-electron chi connectivity index (χ2n) is 3.70. The Hall–Kier alpha value is -0.533. The van der Waals surface area contributed by atoms with Gasteiger partial charge in [-0.25, -0.2) is 0 Å². The zero-order valence-electron chi connectivity index (χ0n) is 11.2. The van der Waals surface area contributed by atoms with Crippen LogP contribution in [-0.4, -0.2) is 49.1 Å². The number of hydrogen-bond acceptors (Lipinski definition) is 5. The molecule has 0 aliphatic heterocycles. The molecule has 1 unspecified atom stereocenters. The summed E-state index contributed by atoms with van der Waals surface area (Å²) in [7, 11) is 3.49. The maximum absolute atomic E-state index is 11.7. The Labute approximate surface area is 104 Å². The van der Waals surface area contributed by atoms with Crippen molar-refractivity contribution in [3.8, 4) is 0 Å². The lowest BCUT2D eigenvalue weighted by Crippen LogP contribution is -2.44. The number of ether oxygens (including phenoxy) is 1. The van der Waals surface area contributed by atoms with Gasteiger partial charge in [0.1, 0.15) is 6.10 Å². The molecule has 0 aliphatic rings. The van der Waals surface area contributed by atoms with E-state index in [0.717, 1.165) is 0 Å². The second kappa shape index (κ2) is 7.73. The zero-order chi connectivity index (χ0) is 13.5. The van der Waals surface area contributed by atoms with Crippen LogP contribution in [0.3, 0.4) is 0 Å². The van der Waals surface area contributed by atoms with Crippen molar-refractivity contribution in [3.63, 3.8) is 0 Å². The molecular formula is C11H22O5Si. The van der Waals surface area contributed by atoms with Gasteiger partial charge >= 0.3 is 8.80 Å². The highest BCUT2D eigenvalue weighted by molar-refractivity contribution is 6.60. The lowest BCUT2D eigenvalue weighted by molar-refractivity contribution is -0.125. The Morgan fingerprint density at radius 1 is 1.18 bits per heavy atom. The summed E-state index contributed by atoms with van der Waals surface area (Å²) in [4.78, 5) is 11.7. The second-order valence-corrected chi connectivity index (χ2v) is 6.79. The highest BCUT2D eigenvalue weighted by atomic mass is 28.4. The minimum absolute atomic E-state index is 0.0984. The van der Waals surface area contributed by atoms with Gasteiger partial charge < -0.3 is 18.0 Å². The normalized spacial score (nSPS) is 13.5. The fraction of sp³-hybridized carbons (Fsp3) is 0.727. The third-order valence-electron chi connectivity index (χ3n) is 2.64. The lowest BCUT2D eigenvalue weighted by Gasteiger charge is -2.25. The van der Waals surface area contributed by atoms with E-state index in [1.165, 1.54) is 7.11 Å². The van der Waals surface area contributed by atoms with Gasteiger partial charge in [-0.05, 0) is 18.9 Å². The van der Waals surface area contributed by atoms with Gasteiger partial charge in [0.2, 0.25) is 0 Å². The highest BCUT2D eigenvalue weighted by Gasteiger charge is 2.38. The van der Waals surface area contributed by atoms with Crippen molar-refractivity contribution in [3.05, 3.63) is 12.2 Å². The number of rotatable bonds is 9. The average Bonchev–Trinajstić information content (AvgIpc) is 2.35. The van der Waals surface area contributed by atoms with Gasteiger partial charge in [-0.2, -0.15) is 0 Å². The van der Waals surface area contributed by atoms with E-state index in [4.69, 9.17) is 18.0 Å². The first-order chi connectivity index (χ1) is 7.96. The van der Waals surface area contributed by atoms with Crippen LogP contribution in [0.15, 0.2) is 12.2 Å². The molecule has 0 aromatic heterocycles. The summed E-state index contributed by atoms with van der Waals surface area (Å²) in [5.74, 6) is -0.0984. The topological polar surface area (TPSA) is 54.0 Å². The minimum atomic E-state index is -2.64. The van der Waals surface area contributed by atoms with Gasteiger partial charge in [0.15, 0.2) is 5.78 Å². The van der Waals surface area contributed by atoms with Crippen molar-refractivity contribution in [2.75, 3.05) is 28.4 Å². The molecule has 0 bridgehead atoms. The first-order valence-electron chi connectivity index (χ1n) is 5.34. The van der Waals surface area contributed by atoms with Crippen LogP contribution in [-0.2, 0) is 22.8 Å². The quantitative estimate of drug-likeness (QED) is 0.464. The molecule has 100 valence electrons. The van der Waals surface area contributed by atoms with Crippen molar-refractivity contribution in [2.24, 2.45) is 0 Å². The molecule has 0 saturated carbocycles. The molecular weight excluding hydrogens is 240 g/mol. The Morgan fingerprint density at radius 2 is 1.65 bits per heavy atom. The number of methoxy groups -OCH3 is 1. The smallest absolute Gasteiger partial charge is 0.377 e. The number of hydrogen-bond donors (Lipinski definition) is 0. The van der Waals surface area contributed by atoms with Gasteiger partial charge in [-0.3, -0.25) is 4.79 Å². The van der Waals surface area contributed by atoms with Crippen molar-refractivity contribution in [2.45, 2.75) is 25.5 Å². The van der Waals surface area contributed by atoms with Crippen LogP contribution in [0.25, 0.3) is 0 Å². The van der Waals surface area contributed by atoms with E-state index in [0.29, 0.717) is 18.0 Å². The lowest BCUT2D eigenvalue weighted by atomic mass is 10.1. The number of ketones is 1. The minimum Gasteiger partial charge on any atom is -0.377 e. The van der Waals surface area contributed by atoms with Crippen molar-refractivity contribution < 1.29 is 22.8 Å². The predicted octanol–water partition coefficient (Wildman–Crippen LogP) is 1.41. The van der Waals surface area contributed by atoms with E-state index in [2.05, 4.69) is 6.58 Å². The Balaban J connectivity index is 4.50. The summed E-state index contributed by atoms with van der Waals surface area (Å²) in [6, 6.07) is 0.522. The predicted molar refractivity (Wildman–Crippen MR) is 66.8 cm³/mol. The van der Waals surface area contributed by atoms with Crippen molar-refractivity contribution in [1.29, 1.82) is 0 Å². The Morgan fingerprint density at radius 3 is 1.94 bits per heavy atom. The molecule has 0 saturated heterocycles. The molecule has 0 aromatic rings. The molecule has 0 aromatic carbocycles. The van der Waals surface area contributed by atoms with Crippen LogP contribution in [0.5, 0.6) is 0 Å². The van der Waals surface area contributed by atoms with Gasteiger partial charge in [0.25, 0.3) is 0 Å². The summed E-state index contributed by atoms with van der Waals surface area (Å²) in [6.45, 7) is 5.29. The number of carbonyl (C=O) groups is 1. The van der Waals surface area contributed by atoms with Gasteiger partial charge in [0.05, 0.1) is 0 Å². The van der Waals surface area contributed by atoms with Crippen LogP contribution in [0.1, 0.15) is 13.3 Å². The maximum atomic E-state index is 11.7. The summed E-state index contributed by atoms with van der Waals surface area (Å²) in [6.07, 6.45) is -0.0240. The summed E-state index contributed by atoms with van der Waals surface area (Å²) in [5.41, 5.74) is 0.483. The fourth-order valence-corrected chi connectivity index (χ4v) is 3.22. The monoisotopic (exact) mass is 262 g/mol. The van der Waals surface area contributed by atoms with E-state index in [1.807, 2.05) is 0 Å². The molecule has 0 fully saturated rings. The molecule has 0 rings (SSSR count). The van der Waals surface area contributed by atoms with Crippen LogP contribution < -0.4 is 0 Å². The van der Waals surface area contributed by atoms with Gasteiger partial charge in [-0.1, -0.05) is 6.58 Å². The zero-order valence-corrected chi connectivity index (χ0v) is 12.2. The SMILES string of the molecule is C=C(C)C(=O)C(CC[Si](OC)(OC)OC)OC. The Bertz CT molecular complexity index is 254. The van der Waals surface area contributed by atoms with Crippen molar-refractivity contribution in [1.82, 2.24) is 0 Å². The maximum Gasteiger partial charge on any atom is 0.500 e. The molecule has 0 N–H and O–H groups in total. The molecule has 0 spiro atoms. The first-order valence-corrected chi connectivity index (χ1v) is 7.27. The molecule has 5 nitrogen and oxygen atoms in total. The van der Waals surface area contributed by atoms with E-state index in [-0.39, 0.29) is 5.78 Å². The van der Waals surface area contributed by atoms with Gasteiger partial charge in [0, 0.05) is 34.5 Å². The van der Waals surface area contributed by atoms with Gasteiger partial charge in [-0.15, -0.1) is 0 Å². The Kier molecular flexibility index (Phi) is 7.49. The van der Waals surface area contributed by atoms with Crippen LogP contribution in [0.2, 0.25) is 6.04 Å². The van der Waals surface area contributed by atoms with Crippen LogP contribution >= 0.6 is 0 Å². The van der Waals surface area contributed by atoms with E-state index in [1.54, 1.807) is 28.3 Å². The third-order valence-corrected chi connectivity index (χ3v) is 5.41. The standard InChI is InChI=1S/C11H22O5Si/c1-9(2)11(12)10(13-3)7-8-17(14-4,15-5)16-6/h10H,1,7-8H2,2-6H3. The highest BCUT2D eigenvalue weighted by Crippen LogP contribution is 2.18. The fourth-order valence-electron chi connectivity index (χ4n) is 1.49. The van der Waals surface area contributed by atoms with Crippen LogP contribution in [0, 0.1) is 0 Å². The summed E-state index contributed by atoms with van der Waals surface area (Å²) in [5, 5.41) is 0. The number of carbonyl (C=O) groups excluding carboxylic acids is 1. The molecule has 0 aliphatic carbocycles. The van der Waals surface area contributed by atoms with E-state index in [9.17, 15) is 4.79 Å². The molecule has 17 heavy (non-hydrogen) atoms. The molecule has 1 atom stereocenters. The van der Waals surface area contributed by atoms with E-state index < -0.39 is 14.9 Å². The van der Waals surface area contributed by atoms with E-state index >= 15 is 0 Å². The molecule has 0 radical (unpaired) electrons. The number of Topliss-reactive ketones (excluding diaryl/α,β-unsaturated/α-hetero) is 1. The third kappa shape index (κ3) is 4.69. The summed E-state index contributed by atoms with van der Waals surface area (Å²) >= 11 is 0. The van der Waals surface area contributed by atoms with Crippen LogP contribution in [0.4, 0.5) is 0 Å². The largest absolute Gasteiger partial charge is 0.500 e. The summed E-state index contributed by atoms with van der Waals surface area (Å²) < 4.78 is 21.0. The first kappa shape index (κ1) is 16.5. The molecule has 0 amide bonds. The van der Waals surface area contributed by atoms with Crippen molar-refractivity contribution >= 4 is 14.6 Å².